The molecule has 2 aromatic rings. The second kappa shape index (κ2) is 8.47. The molecule has 0 aromatic carbocycles. The van der Waals surface area contributed by atoms with Crippen molar-refractivity contribution in [3.05, 3.63) is 18.7 Å². The van der Waals surface area contributed by atoms with E-state index in [2.05, 4.69) is 14.6 Å². The number of piperidine rings is 1. The van der Waals surface area contributed by atoms with Gasteiger partial charge in [-0.3, -0.25) is 4.40 Å². The number of imidazole rings is 1. The van der Waals surface area contributed by atoms with Gasteiger partial charge in [0.2, 0.25) is 0 Å². The van der Waals surface area contributed by atoms with Crippen LogP contribution in [0.5, 0.6) is 0 Å². The van der Waals surface area contributed by atoms with Crippen molar-refractivity contribution in [1.29, 1.82) is 0 Å². The fraction of sp³-hybridized carbons (Fsp3) is 0.684. The molecular weight excluding hydrogens is 401 g/mol. The monoisotopic (exact) mass is 429 g/mol. The van der Waals surface area contributed by atoms with Gasteiger partial charge in [0, 0.05) is 25.3 Å². The first kappa shape index (κ1) is 22.4. The number of rotatable bonds is 3. The Morgan fingerprint density at radius 2 is 2.00 bits per heavy atom. The second-order valence-electron chi connectivity index (χ2n) is 8.88. The maximum Gasteiger partial charge on any atom is 1.00 e. The number of anilines is 1. The van der Waals surface area contributed by atoms with Crippen LogP contribution in [-0.4, -0.2) is 42.5 Å². The summed E-state index contributed by atoms with van der Waals surface area (Å²) in [5.41, 5.74) is 1.07. The Morgan fingerprint density at radius 1 is 1.29 bits per heavy atom. The molecule has 2 fully saturated rings. The van der Waals surface area contributed by atoms with Crippen LogP contribution in [-0.2, 0) is 23.6 Å². The number of fused-ring (bicyclic) bond motifs is 1. The van der Waals surface area contributed by atoms with Gasteiger partial charge in [-0.15, -0.1) is 4.90 Å². The fourth-order valence-corrected chi connectivity index (χ4v) is 5.63. The van der Waals surface area contributed by atoms with Gasteiger partial charge in [-0.1, -0.05) is 6.42 Å². The average molecular weight is 430 g/mol. The van der Waals surface area contributed by atoms with Crippen molar-refractivity contribution in [2.24, 2.45) is 5.41 Å². The van der Waals surface area contributed by atoms with Crippen LogP contribution in [0.1, 0.15) is 52.9 Å². The third-order valence-corrected chi connectivity index (χ3v) is 8.02. The average Bonchev–Trinajstić information content (AvgIpc) is 3.21. The van der Waals surface area contributed by atoms with Crippen LogP contribution in [0.3, 0.4) is 0 Å². The predicted octanol–water partition coefficient (Wildman–Crippen LogP) is -0.170. The summed E-state index contributed by atoms with van der Waals surface area (Å²) in [6.07, 6.45) is 11.3. The second-order valence-corrected chi connectivity index (χ2v) is 11.3. The van der Waals surface area contributed by atoms with Crippen LogP contribution < -0.4 is 39.2 Å². The molecule has 2 atom stereocenters. The summed E-state index contributed by atoms with van der Waals surface area (Å²) in [6.45, 7) is 8.05. The smallest absolute Gasteiger partial charge is 0.775 e. The van der Waals surface area contributed by atoms with Gasteiger partial charge in [0.05, 0.1) is 21.9 Å². The number of hydrogen-bond donors (Lipinski definition) is 1. The van der Waals surface area contributed by atoms with E-state index in [1.807, 2.05) is 31.4 Å². The van der Waals surface area contributed by atoms with Crippen molar-refractivity contribution in [3.63, 3.8) is 0 Å². The Balaban J connectivity index is 0.00000225. The molecular formula is C19H28N5NaOS2. The van der Waals surface area contributed by atoms with Gasteiger partial charge in [-0.05, 0) is 51.9 Å². The molecule has 2 aromatic heterocycles. The standard InChI is InChI=1S/C19H29N5OS2.Na/c1-18(2,3)27(25)22-15-5-4-6-19(15)7-9-23(10-8-19)16-12-24-13-20-11-14(26)17(24)21-16;/h11-13,15,22,26H,4-10H2,1-3H3;/q;+1/p-1/t15-,27-;/m1./s1. The number of hydrogen-bond acceptors (Lipinski definition) is 5. The molecule has 28 heavy (non-hydrogen) atoms. The van der Waals surface area contributed by atoms with E-state index >= 15 is 0 Å². The summed E-state index contributed by atoms with van der Waals surface area (Å²) in [5.74, 6) is 0.977. The summed E-state index contributed by atoms with van der Waals surface area (Å²) in [5, 5.41) is 0. The van der Waals surface area contributed by atoms with Crippen molar-refractivity contribution < 1.29 is 33.8 Å². The zero-order valence-corrected chi connectivity index (χ0v) is 20.9. The van der Waals surface area contributed by atoms with Gasteiger partial charge in [0.1, 0.15) is 17.8 Å². The van der Waals surface area contributed by atoms with E-state index in [0.717, 1.165) is 43.8 Å². The third-order valence-electron chi connectivity index (χ3n) is 6.12. The van der Waals surface area contributed by atoms with E-state index in [1.54, 1.807) is 12.5 Å². The first-order chi connectivity index (χ1) is 12.8. The minimum Gasteiger partial charge on any atom is -0.775 e. The quantitative estimate of drug-likeness (QED) is 0.542. The van der Waals surface area contributed by atoms with E-state index in [-0.39, 0.29) is 39.7 Å². The molecule has 1 aliphatic carbocycles. The van der Waals surface area contributed by atoms with Gasteiger partial charge in [-0.2, -0.15) is 0 Å². The van der Waals surface area contributed by atoms with Crippen LogP contribution in [0.25, 0.3) is 5.65 Å². The molecule has 148 valence electrons. The van der Waals surface area contributed by atoms with E-state index in [4.69, 9.17) is 17.6 Å². The predicted molar refractivity (Wildman–Crippen MR) is 111 cm³/mol. The van der Waals surface area contributed by atoms with Crippen LogP contribution in [0.2, 0.25) is 0 Å². The summed E-state index contributed by atoms with van der Waals surface area (Å²) in [7, 11) is -1.01. The van der Waals surface area contributed by atoms with Gasteiger partial charge in [0.15, 0.2) is 0 Å². The van der Waals surface area contributed by atoms with Crippen LogP contribution >= 0.6 is 0 Å². The molecule has 0 bridgehead atoms. The Kier molecular flexibility index (Phi) is 6.79. The van der Waals surface area contributed by atoms with Crippen molar-refractivity contribution >= 4 is 35.1 Å². The molecule has 0 radical (unpaired) electrons. The third kappa shape index (κ3) is 4.27. The molecule has 1 aliphatic heterocycles. The van der Waals surface area contributed by atoms with Crippen molar-refractivity contribution in [2.45, 2.75) is 68.6 Å². The Labute approximate surface area is 197 Å². The van der Waals surface area contributed by atoms with E-state index in [9.17, 15) is 4.21 Å². The topological polar surface area (TPSA) is 62.5 Å². The van der Waals surface area contributed by atoms with Crippen LogP contribution in [0.4, 0.5) is 5.82 Å². The molecule has 0 amide bonds. The van der Waals surface area contributed by atoms with Crippen LogP contribution in [0, 0.1) is 5.41 Å². The van der Waals surface area contributed by atoms with E-state index < -0.39 is 11.0 Å². The Bertz CT molecular complexity index is 858. The summed E-state index contributed by atoms with van der Waals surface area (Å²) in [6, 6.07) is 0.351. The van der Waals surface area contributed by atoms with Gasteiger partial charge < -0.3 is 17.5 Å². The largest absolute Gasteiger partial charge is 1.00 e. The van der Waals surface area contributed by atoms with Gasteiger partial charge in [0.25, 0.3) is 0 Å². The number of nitrogens with zero attached hydrogens (tertiary/aromatic N) is 4. The minimum atomic E-state index is -1.01. The fourth-order valence-electron chi connectivity index (χ4n) is 4.44. The Morgan fingerprint density at radius 3 is 2.64 bits per heavy atom. The van der Waals surface area contributed by atoms with E-state index in [1.165, 1.54) is 12.8 Å². The molecule has 1 spiro atoms. The minimum absolute atomic E-state index is 0. The van der Waals surface area contributed by atoms with E-state index in [0.29, 0.717) is 10.9 Å². The maximum absolute atomic E-state index is 12.6. The summed E-state index contributed by atoms with van der Waals surface area (Å²) in [4.78, 5) is 11.9. The summed E-state index contributed by atoms with van der Waals surface area (Å²) >= 11 is 5.33. The molecule has 1 saturated heterocycles. The van der Waals surface area contributed by atoms with Crippen molar-refractivity contribution in [2.75, 3.05) is 18.0 Å². The number of nitrogens with one attached hydrogen (secondary N) is 1. The molecule has 2 aliphatic rings. The van der Waals surface area contributed by atoms with Crippen molar-refractivity contribution in [1.82, 2.24) is 19.1 Å². The first-order valence-electron chi connectivity index (χ1n) is 9.71. The number of aromatic nitrogens is 3. The maximum atomic E-state index is 12.6. The Hall–Kier alpha value is -0.250. The molecule has 9 heteroatoms. The van der Waals surface area contributed by atoms with Gasteiger partial charge in [-0.25, -0.2) is 18.9 Å². The van der Waals surface area contributed by atoms with Crippen LogP contribution in [0.15, 0.2) is 23.6 Å². The molecule has 1 N–H and O–H groups in total. The summed E-state index contributed by atoms with van der Waals surface area (Å²) < 4.78 is 17.8. The normalized spacial score (nSPS) is 23.1. The molecule has 3 heterocycles. The SMILES string of the molecule is CC(C)(C)[S@@](=O)N[C@@H]1CCCC12CCN(c1cn3cncc([S-])c3n1)CC2.[Na+]. The molecule has 6 nitrogen and oxygen atoms in total. The first-order valence-corrected chi connectivity index (χ1v) is 11.3. The zero-order valence-electron chi connectivity index (χ0n) is 17.3. The molecule has 4 rings (SSSR count). The van der Waals surface area contributed by atoms with Crippen molar-refractivity contribution in [3.8, 4) is 0 Å². The molecule has 0 unspecified atom stereocenters. The zero-order chi connectivity index (χ0) is 19.2. The molecule has 1 saturated carbocycles. The van der Waals surface area contributed by atoms with Gasteiger partial charge >= 0.3 is 29.6 Å².